The van der Waals surface area contributed by atoms with E-state index in [1.54, 1.807) is 50.6 Å². The van der Waals surface area contributed by atoms with Gasteiger partial charge in [0.1, 0.15) is 5.75 Å². The highest BCUT2D eigenvalue weighted by Crippen LogP contribution is 2.37. The highest BCUT2D eigenvalue weighted by atomic mass is 32.2. The third-order valence-corrected chi connectivity index (χ3v) is 6.96. The zero-order valence-electron chi connectivity index (χ0n) is 18.6. The summed E-state index contributed by atoms with van der Waals surface area (Å²) in [6.45, 7) is 3.93. The van der Waals surface area contributed by atoms with Crippen LogP contribution in [-0.4, -0.2) is 37.1 Å². The Hall–Kier alpha value is -3.65. The number of carbonyl (C=O) groups is 1. The average molecular weight is 465 g/mol. The summed E-state index contributed by atoms with van der Waals surface area (Å²) in [5.41, 5.74) is 3.21. The lowest BCUT2D eigenvalue weighted by atomic mass is 10.0. The van der Waals surface area contributed by atoms with Crippen molar-refractivity contribution in [3.63, 3.8) is 0 Å². The van der Waals surface area contributed by atoms with Gasteiger partial charge < -0.3 is 9.47 Å². The molecule has 0 fully saturated rings. The first-order valence-corrected chi connectivity index (χ1v) is 11.9. The number of pyridine rings is 1. The quantitative estimate of drug-likeness (QED) is 0.378. The van der Waals surface area contributed by atoms with E-state index >= 15 is 0 Å². The lowest BCUT2D eigenvalue weighted by molar-refractivity contribution is -0.142. The minimum absolute atomic E-state index is 0.0397. The van der Waals surface area contributed by atoms with Crippen molar-refractivity contribution in [3.8, 4) is 16.9 Å². The first kappa shape index (κ1) is 22.5. The van der Waals surface area contributed by atoms with E-state index in [-0.39, 0.29) is 29.5 Å². The predicted molar refractivity (Wildman–Crippen MR) is 126 cm³/mol. The predicted octanol–water partition coefficient (Wildman–Crippen LogP) is 4.36. The van der Waals surface area contributed by atoms with Crippen molar-refractivity contribution in [1.29, 1.82) is 0 Å². The summed E-state index contributed by atoms with van der Waals surface area (Å²) in [4.78, 5) is 16.6. The number of benzene rings is 2. The van der Waals surface area contributed by atoms with E-state index in [2.05, 4.69) is 4.98 Å². The number of fused-ring (bicyclic) bond motifs is 1. The molecule has 7 nitrogen and oxygen atoms in total. The third-order valence-electron chi connectivity index (χ3n) is 5.30. The van der Waals surface area contributed by atoms with Crippen molar-refractivity contribution in [1.82, 2.24) is 8.96 Å². The van der Waals surface area contributed by atoms with E-state index in [4.69, 9.17) is 9.47 Å². The van der Waals surface area contributed by atoms with E-state index in [0.717, 1.165) is 11.1 Å². The summed E-state index contributed by atoms with van der Waals surface area (Å²) in [5, 5.41) is 0.594. The smallest absolute Gasteiger partial charge is 0.310 e. The van der Waals surface area contributed by atoms with Gasteiger partial charge in [0.2, 0.25) is 0 Å². The van der Waals surface area contributed by atoms with Crippen LogP contribution in [-0.2, 0) is 26.0 Å². The van der Waals surface area contributed by atoms with E-state index in [9.17, 15) is 13.2 Å². The van der Waals surface area contributed by atoms with E-state index < -0.39 is 10.0 Å². The molecule has 0 bridgehead atoms. The maximum absolute atomic E-state index is 13.5. The number of hydrogen-bond acceptors (Lipinski definition) is 6. The van der Waals surface area contributed by atoms with Crippen LogP contribution >= 0.6 is 0 Å². The maximum atomic E-state index is 13.5. The molecule has 0 radical (unpaired) electrons. The number of esters is 1. The van der Waals surface area contributed by atoms with E-state index in [1.807, 2.05) is 31.2 Å². The van der Waals surface area contributed by atoms with Gasteiger partial charge in [0.25, 0.3) is 10.0 Å². The third kappa shape index (κ3) is 4.34. The molecule has 0 unspecified atom stereocenters. The largest absolute Gasteiger partial charge is 0.496 e. The number of hydrogen-bond donors (Lipinski definition) is 0. The first-order valence-electron chi connectivity index (χ1n) is 10.5. The van der Waals surface area contributed by atoms with Crippen LogP contribution in [0, 0.1) is 6.92 Å². The Labute approximate surface area is 192 Å². The Morgan fingerprint density at radius 3 is 2.48 bits per heavy atom. The van der Waals surface area contributed by atoms with Crippen molar-refractivity contribution in [2.75, 3.05) is 13.7 Å². The number of nitrogens with zero attached hydrogens (tertiary/aromatic N) is 2. The van der Waals surface area contributed by atoms with Gasteiger partial charge in [-0.05, 0) is 43.7 Å². The molecule has 0 saturated heterocycles. The standard InChI is InChI=1S/C25H24N2O5S/c1-4-32-24(28)14-18-13-21-22(20-7-5-6-8-23(20)31-3)16-27(25(21)26-15-18)33(29,30)19-11-9-17(2)10-12-19/h5-13,15-16H,4,14H2,1-3H3. The number of carbonyl (C=O) groups excluding carboxylic acids is 1. The molecule has 0 N–H and O–H groups in total. The molecule has 2 heterocycles. The molecule has 2 aromatic heterocycles. The van der Waals surface area contributed by atoms with Crippen LogP contribution in [0.25, 0.3) is 22.2 Å². The van der Waals surface area contributed by atoms with Crippen LogP contribution < -0.4 is 4.74 Å². The molecule has 0 aliphatic carbocycles. The summed E-state index contributed by atoms with van der Waals surface area (Å²) >= 11 is 0. The summed E-state index contributed by atoms with van der Waals surface area (Å²) in [6, 6.07) is 15.8. The molecular formula is C25H24N2O5S. The normalized spacial score (nSPS) is 11.5. The van der Waals surface area contributed by atoms with Crippen LogP contribution in [0.5, 0.6) is 5.75 Å². The Morgan fingerprint density at radius 1 is 1.06 bits per heavy atom. The van der Waals surface area contributed by atoms with Crippen molar-refractivity contribution in [3.05, 3.63) is 78.1 Å². The lowest BCUT2D eigenvalue weighted by Crippen LogP contribution is -2.12. The zero-order valence-corrected chi connectivity index (χ0v) is 19.4. The number of aryl methyl sites for hydroxylation is 1. The van der Waals surface area contributed by atoms with Gasteiger partial charge in [-0.2, -0.15) is 0 Å². The molecule has 170 valence electrons. The fourth-order valence-corrected chi connectivity index (χ4v) is 5.01. The Balaban J connectivity index is 1.95. The topological polar surface area (TPSA) is 87.5 Å². The van der Waals surface area contributed by atoms with Crippen molar-refractivity contribution < 1.29 is 22.7 Å². The minimum Gasteiger partial charge on any atom is -0.496 e. The van der Waals surface area contributed by atoms with Gasteiger partial charge in [-0.25, -0.2) is 17.4 Å². The van der Waals surface area contributed by atoms with Crippen LogP contribution in [0.15, 0.2) is 71.9 Å². The molecule has 4 rings (SSSR count). The molecule has 33 heavy (non-hydrogen) atoms. The summed E-state index contributed by atoms with van der Waals surface area (Å²) in [5.74, 6) is 0.226. The Bertz CT molecular complexity index is 1420. The summed E-state index contributed by atoms with van der Waals surface area (Å²) < 4.78 is 38.8. The van der Waals surface area contributed by atoms with Crippen molar-refractivity contribution in [2.45, 2.75) is 25.2 Å². The maximum Gasteiger partial charge on any atom is 0.310 e. The minimum atomic E-state index is -3.91. The molecule has 0 aliphatic heterocycles. The van der Waals surface area contributed by atoms with Crippen LogP contribution in [0.1, 0.15) is 18.1 Å². The van der Waals surface area contributed by atoms with E-state index in [0.29, 0.717) is 22.3 Å². The van der Waals surface area contributed by atoms with Crippen molar-refractivity contribution >= 4 is 27.0 Å². The number of ether oxygens (including phenoxy) is 2. The van der Waals surface area contributed by atoms with Crippen LogP contribution in [0.3, 0.4) is 0 Å². The van der Waals surface area contributed by atoms with Gasteiger partial charge in [-0.15, -0.1) is 0 Å². The van der Waals surface area contributed by atoms with Gasteiger partial charge in [-0.1, -0.05) is 35.9 Å². The van der Waals surface area contributed by atoms with Gasteiger partial charge >= 0.3 is 5.97 Å². The number of rotatable bonds is 7. The fraction of sp³-hybridized carbons (Fsp3) is 0.200. The number of para-hydroxylation sites is 1. The SMILES string of the molecule is CCOC(=O)Cc1cnc2c(c1)c(-c1ccccc1OC)cn2S(=O)(=O)c1ccc(C)cc1. The fourth-order valence-electron chi connectivity index (χ4n) is 3.69. The van der Waals surface area contributed by atoms with Crippen molar-refractivity contribution in [2.24, 2.45) is 0 Å². The lowest BCUT2D eigenvalue weighted by Gasteiger charge is -2.08. The molecule has 0 amide bonds. The van der Waals surface area contributed by atoms with Gasteiger partial charge in [0.05, 0.1) is 25.0 Å². The molecule has 8 heteroatoms. The molecule has 0 saturated carbocycles. The Morgan fingerprint density at radius 2 is 1.79 bits per heavy atom. The van der Waals surface area contributed by atoms with Crippen LogP contribution in [0.4, 0.5) is 0 Å². The molecular weight excluding hydrogens is 440 g/mol. The Kier molecular flexibility index (Phi) is 6.20. The highest BCUT2D eigenvalue weighted by Gasteiger charge is 2.24. The molecule has 2 aromatic carbocycles. The monoisotopic (exact) mass is 464 g/mol. The second-order valence-corrected chi connectivity index (χ2v) is 9.37. The zero-order chi connectivity index (χ0) is 23.6. The number of methoxy groups -OCH3 is 1. The van der Waals surface area contributed by atoms with Gasteiger partial charge in [0.15, 0.2) is 5.65 Å². The summed E-state index contributed by atoms with van der Waals surface area (Å²) in [7, 11) is -2.35. The molecule has 4 aromatic rings. The second-order valence-electron chi connectivity index (χ2n) is 7.55. The second kappa shape index (κ2) is 9.07. The first-order chi connectivity index (χ1) is 15.8. The average Bonchev–Trinajstić information content (AvgIpc) is 3.19. The molecule has 0 aliphatic rings. The highest BCUT2D eigenvalue weighted by molar-refractivity contribution is 7.90. The molecule has 0 spiro atoms. The van der Waals surface area contributed by atoms with Gasteiger partial charge in [-0.3, -0.25) is 4.79 Å². The summed E-state index contributed by atoms with van der Waals surface area (Å²) in [6.07, 6.45) is 3.10. The van der Waals surface area contributed by atoms with Crippen LogP contribution in [0.2, 0.25) is 0 Å². The van der Waals surface area contributed by atoms with E-state index in [1.165, 1.54) is 10.2 Å². The van der Waals surface area contributed by atoms with Gasteiger partial charge in [0, 0.05) is 28.9 Å². The number of aromatic nitrogens is 2. The molecule has 0 atom stereocenters.